The lowest BCUT2D eigenvalue weighted by molar-refractivity contribution is -0.121. The van der Waals surface area contributed by atoms with Crippen molar-refractivity contribution in [1.82, 2.24) is 10.2 Å². The lowest BCUT2D eigenvalue weighted by Crippen LogP contribution is -2.34. The number of amides is 1. The van der Waals surface area contributed by atoms with E-state index in [0.29, 0.717) is 19.6 Å². The second-order valence-electron chi connectivity index (χ2n) is 3.93. The van der Waals surface area contributed by atoms with Gasteiger partial charge < -0.3 is 11.1 Å². The quantitative estimate of drug-likeness (QED) is 0.768. The molecule has 0 saturated heterocycles. The van der Waals surface area contributed by atoms with Crippen LogP contribution in [0, 0.1) is 11.8 Å². The molecule has 4 nitrogen and oxygen atoms in total. The Hall–Kier alpha value is -1.35. The highest BCUT2D eigenvalue weighted by molar-refractivity contribution is 7.10. The molecule has 1 amide bonds. The van der Waals surface area contributed by atoms with E-state index < -0.39 is 0 Å². The van der Waals surface area contributed by atoms with Crippen LogP contribution < -0.4 is 11.1 Å². The number of rotatable bonds is 5. The van der Waals surface area contributed by atoms with Crippen molar-refractivity contribution >= 4 is 17.2 Å². The summed E-state index contributed by atoms with van der Waals surface area (Å²) in [4.78, 5) is 14.6. The molecule has 1 aromatic heterocycles. The lowest BCUT2D eigenvalue weighted by Gasteiger charge is -2.14. The van der Waals surface area contributed by atoms with Gasteiger partial charge in [-0.05, 0) is 20.0 Å². The smallest absolute Gasteiger partial charge is 0.234 e. The van der Waals surface area contributed by atoms with Crippen molar-refractivity contribution < 1.29 is 4.79 Å². The molecule has 0 unspecified atom stereocenters. The lowest BCUT2D eigenvalue weighted by atomic mass is 10.3. The number of hydrogen-bond acceptors (Lipinski definition) is 4. The Morgan fingerprint density at radius 2 is 2.39 bits per heavy atom. The summed E-state index contributed by atoms with van der Waals surface area (Å²) in [5.41, 5.74) is 6.32. The highest BCUT2D eigenvalue weighted by Crippen LogP contribution is 2.15. The summed E-state index contributed by atoms with van der Waals surface area (Å²) in [6.07, 6.45) is 0. The third-order valence-corrected chi connectivity index (χ3v) is 3.12. The third kappa shape index (κ3) is 5.32. The average Bonchev–Trinajstić information content (AvgIpc) is 2.74. The predicted molar refractivity (Wildman–Crippen MR) is 75.3 cm³/mol. The predicted octanol–water partition coefficient (Wildman–Crippen LogP) is 0.626. The van der Waals surface area contributed by atoms with E-state index >= 15 is 0 Å². The molecule has 0 aliphatic rings. The Morgan fingerprint density at radius 1 is 1.61 bits per heavy atom. The molecule has 0 saturated carbocycles. The van der Waals surface area contributed by atoms with Crippen molar-refractivity contribution in [2.45, 2.75) is 13.5 Å². The first-order valence-corrected chi connectivity index (χ1v) is 6.75. The minimum atomic E-state index is 0.0553. The summed E-state index contributed by atoms with van der Waals surface area (Å²) in [5, 5.41) is 4.79. The summed E-state index contributed by atoms with van der Waals surface area (Å²) in [7, 11) is 1.93. The molecular formula is C13H19N3OS. The summed E-state index contributed by atoms with van der Waals surface area (Å²) in [5.74, 6) is 5.88. The molecule has 3 N–H and O–H groups in total. The first kappa shape index (κ1) is 14.7. The van der Waals surface area contributed by atoms with Crippen LogP contribution in [0.2, 0.25) is 0 Å². The van der Waals surface area contributed by atoms with Crippen LogP contribution >= 0.6 is 11.3 Å². The monoisotopic (exact) mass is 265 g/mol. The van der Waals surface area contributed by atoms with Gasteiger partial charge in [0.1, 0.15) is 0 Å². The summed E-state index contributed by atoms with van der Waals surface area (Å²) < 4.78 is 0. The standard InChI is InChI=1S/C13H19N3OS/c1-3-15-13(17)9-16(2)8-12-7-11(10-18-12)5-4-6-14/h7,10H,3,6,8-9,14H2,1-2H3,(H,15,17). The van der Waals surface area contributed by atoms with Gasteiger partial charge in [0.25, 0.3) is 0 Å². The minimum Gasteiger partial charge on any atom is -0.355 e. The molecule has 0 fully saturated rings. The van der Waals surface area contributed by atoms with Gasteiger partial charge in [-0.3, -0.25) is 9.69 Å². The number of nitrogens with one attached hydrogen (secondary N) is 1. The third-order valence-electron chi connectivity index (χ3n) is 2.20. The zero-order valence-electron chi connectivity index (χ0n) is 10.8. The number of nitrogens with zero attached hydrogens (tertiary/aromatic N) is 1. The largest absolute Gasteiger partial charge is 0.355 e. The van der Waals surface area contributed by atoms with Gasteiger partial charge in [-0.1, -0.05) is 11.8 Å². The molecule has 18 heavy (non-hydrogen) atoms. The average molecular weight is 265 g/mol. The molecule has 1 aromatic rings. The van der Waals surface area contributed by atoms with E-state index in [0.717, 1.165) is 12.1 Å². The van der Waals surface area contributed by atoms with Crippen molar-refractivity contribution in [3.8, 4) is 11.8 Å². The second kappa shape index (κ2) is 7.88. The number of carbonyl (C=O) groups excluding carboxylic acids is 1. The topological polar surface area (TPSA) is 58.4 Å². The number of carbonyl (C=O) groups is 1. The second-order valence-corrected chi connectivity index (χ2v) is 4.93. The SMILES string of the molecule is CCNC(=O)CN(C)Cc1cc(C#CCN)cs1. The van der Waals surface area contributed by atoms with Crippen molar-refractivity contribution in [1.29, 1.82) is 0 Å². The van der Waals surface area contributed by atoms with Gasteiger partial charge in [-0.15, -0.1) is 11.3 Å². The molecule has 98 valence electrons. The maximum Gasteiger partial charge on any atom is 0.234 e. The van der Waals surface area contributed by atoms with E-state index in [1.165, 1.54) is 4.88 Å². The summed E-state index contributed by atoms with van der Waals surface area (Å²) >= 11 is 1.65. The van der Waals surface area contributed by atoms with Crippen molar-refractivity contribution in [3.05, 3.63) is 21.9 Å². The summed E-state index contributed by atoms with van der Waals surface area (Å²) in [6, 6.07) is 2.04. The maximum absolute atomic E-state index is 11.4. The van der Waals surface area contributed by atoms with E-state index in [1.54, 1.807) is 11.3 Å². The van der Waals surface area contributed by atoms with Gasteiger partial charge in [-0.2, -0.15) is 0 Å². The van der Waals surface area contributed by atoms with Crippen LogP contribution in [0.1, 0.15) is 17.4 Å². The van der Waals surface area contributed by atoms with Crippen LogP contribution in [0.25, 0.3) is 0 Å². The van der Waals surface area contributed by atoms with E-state index in [4.69, 9.17) is 5.73 Å². The zero-order chi connectivity index (χ0) is 13.4. The van der Waals surface area contributed by atoms with Gasteiger partial charge in [-0.25, -0.2) is 0 Å². The van der Waals surface area contributed by atoms with Crippen LogP contribution in [0.5, 0.6) is 0 Å². The Balaban J connectivity index is 2.46. The van der Waals surface area contributed by atoms with Gasteiger partial charge in [0.05, 0.1) is 13.1 Å². The Kier molecular flexibility index (Phi) is 6.44. The molecule has 0 aliphatic carbocycles. The van der Waals surface area contributed by atoms with Gasteiger partial charge in [0.15, 0.2) is 0 Å². The normalized spacial score (nSPS) is 10.0. The Bertz CT molecular complexity index is 445. The van der Waals surface area contributed by atoms with Crippen LogP contribution in [-0.2, 0) is 11.3 Å². The van der Waals surface area contributed by atoms with E-state index in [1.807, 2.05) is 30.3 Å². The van der Waals surface area contributed by atoms with E-state index in [9.17, 15) is 4.79 Å². The number of thiophene rings is 1. The molecule has 0 radical (unpaired) electrons. The van der Waals surface area contributed by atoms with E-state index in [2.05, 4.69) is 17.2 Å². The molecule has 1 rings (SSSR count). The zero-order valence-corrected chi connectivity index (χ0v) is 11.6. The molecule has 1 heterocycles. The molecule has 5 heteroatoms. The molecule has 0 aliphatic heterocycles. The number of likely N-dealkylation sites (N-methyl/N-ethyl adjacent to an activating group) is 2. The van der Waals surface area contributed by atoms with E-state index in [-0.39, 0.29) is 5.91 Å². The van der Waals surface area contributed by atoms with Crippen LogP contribution in [-0.4, -0.2) is 37.5 Å². The van der Waals surface area contributed by atoms with Gasteiger partial charge >= 0.3 is 0 Å². The maximum atomic E-state index is 11.4. The van der Waals surface area contributed by atoms with Crippen LogP contribution in [0.15, 0.2) is 11.4 Å². The fraction of sp³-hybridized carbons (Fsp3) is 0.462. The first-order valence-electron chi connectivity index (χ1n) is 5.87. The molecule has 0 aromatic carbocycles. The Morgan fingerprint density at radius 3 is 3.06 bits per heavy atom. The van der Waals surface area contributed by atoms with Crippen LogP contribution in [0.4, 0.5) is 0 Å². The van der Waals surface area contributed by atoms with Gasteiger partial charge in [0, 0.05) is 28.9 Å². The highest BCUT2D eigenvalue weighted by Gasteiger charge is 2.07. The molecule has 0 atom stereocenters. The minimum absolute atomic E-state index is 0.0553. The van der Waals surface area contributed by atoms with Gasteiger partial charge in [0.2, 0.25) is 5.91 Å². The molecular weight excluding hydrogens is 246 g/mol. The number of hydrogen-bond donors (Lipinski definition) is 2. The summed E-state index contributed by atoms with van der Waals surface area (Å²) in [6.45, 7) is 4.13. The van der Waals surface area contributed by atoms with Crippen molar-refractivity contribution in [2.24, 2.45) is 5.73 Å². The molecule has 0 spiro atoms. The fourth-order valence-electron chi connectivity index (χ4n) is 1.50. The molecule has 0 bridgehead atoms. The first-order chi connectivity index (χ1) is 8.65. The van der Waals surface area contributed by atoms with Crippen molar-refractivity contribution in [2.75, 3.05) is 26.7 Å². The Labute approximate surface area is 112 Å². The fourth-order valence-corrected chi connectivity index (χ4v) is 2.40. The number of nitrogens with two attached hydrogens (primary N) is 1. The van der Waals surface area contributed by atoms with Crippen LogP contribution in [0.3, 0.4) is 0 Å². The van der Waals surface area contributed by atoms with Crippen molar-refractivity contribution in [3.63, 3.8) is 0 Å². The highest BCUT2D eigenvalue weighted by atomic mass is 32.1.